The number of halogens is 3. The molecule has 1 aliphatic rings. The molecule has 2 nitrogen and oxygen atoms in total. The molecule has 0 bridgehead atoms. The standard InChI is InChI=1S/C12H14F3NO/c1-2-8-5-10(6-8)17-9-3-4-11(16-7-9)12(13,14)15/h3-4,7-8,10H,2,5-6H2,1H3/t8-,10-. The van der Waals surface area contributed by atoms with Gasteiger partial charge in [0.1, 0.15) is 11.4 Å². The van der Waals surface area contributed by atoms with Gasteiger partial charge in [-0.25, -0.2) is 4.98 Å². The second kappa shape index (κ2) is 4.55. The monoisotopic (exact) mass is 245 g/mol. The quantitative estimate of drug-likeness (QED) is 0.810. The van der Waals surface area contributed by atoms with Gasteiger partial charge in [0.05, 0.1) is 12.3 Å². The first kappa shape index (κ1) is 12.2. The maximum atomic E-state index is 12.3. The van der Waals surface area contributed by atoms with Crippen molar-refractivity contribution in [1.29, 1.82) is 0 Å². The number of pyridine rings is 1. The minimum atomic E-state index is -4.39. The lowest BCUT2D eigenvalue weighted by Gasteiger charge is -2.34. The molecule has 1 aromatic rings. The van der Waals surface area contributed by atoms with Crippen molar-refractivity contribution in [2.75, 3.05) is 0 Å². The zero-order valence-electron chi connectivity index (χ0n) is 9.50. The van der Waals surface area contributed by atoms with E-state index in [4.69, 9.17) is 4.74 Å². The Balaban J connectivity index is 1.91. The van der Waals surface area contributed by atoms with E-state index in [1.54, 1.807) is 0 Å². The summed E-state index contributed by atoms with van der Waals surface area (Å²) in [5.41, 5.74) is -0.884. The number of hydrogen-bond acceptors (Lipinski definition) is 2. The largest absolute Gasteiger partial charge is 0.489 e. The third kappa shape index (κ3) is 2.90. The molecule has 0 spiro atoms. The summed E-state index contributed by atoms with van der Waals surface area (Å²) in [5, 5.41) is 0. The Morgan fingerprint density at radius 2 is 2.06 bits per heavy atom. The van der Waals surface area contributed by atoms with Gasteiger partial charge in [-0.3, -0.25) is 0 Å². The minimum absolute atomic E-state index is 0.137. The second-order valence-electron chi connectivity index (χ2n) is 4.36. The maximum absolute atomic E-state index is 12.3. The summed E-state index contributed by atoms with van der Waals surface area (Å²) in [4.78, 5) is 3.35. The first-order chi connectivity index (χ1) is 7.99. The summed E-state index contributed by atoms with van der Waals surface area (Å²) in [5.74, 6) is 1.11. The lowest BCUT2D eigenvalue weighted by atomic mass is 9.80. The number of aromatic nitrogens is 1. The predicted molar refractivity (Wildman–Crippen MR) is 56.7 cm³/mol. The van der Waals surface area contributed by atoms with Crippen LogP contribution in [0.5, 0.6) is 5.75 Å². The minimum Gasteiger partial charge on any atom is -0.489 e. The molecule has 0 atom stereocenters. The molecule has 0 N–H and O–H groups in total. The highest BCUT2D eigenvalue weighted by atomic mass is 19.4. The smallest absolute Gasteiger partial charge is 0.433 e. The van der Waals surface area contributed by atoms with Crippen molar-refractivity contribution in [1.82, 2.24) is 4.98 Å². The van der Waals surface area contributed by atoms with E-state index in [1.807, 2.05) is 0 Å². The Kier molecular flexibility index (Phi) is 3.26. The maximum Gasteiger partial charge on any atom is 0.433 e. The number of rotatable bonds is 3. The molecule has 94 valence electrons. The van der Waals surface area contributed by atoms with Gasteiger partial charge >= 0.3 is 6.18 Å². The second-order valence-corrected chi connectivity index (χ2v) is 4.36. The molecule has 0 unspecified atom stereocenters. The van der Waals surface area contributed by atoms with E-state index in [2.05, 4.69) is 11.9 Å². The van der Waals surface area contributed by atoms with Crippen molar-refractivity contribution >= 4 is 0 Å². The Morgan fingerprint density at radius 1 is 1.35 bits per heavy atom. The highest BCUT2D eigenvalue weighted by Crippen LogP contribution is 2.34. The van der Waals surface area contributed by atoms with E-state index in [0.717, 1.165) is 31.5 Å². The topological polar surface area (TPSA) is 22.1 Å². The SMILES string of the molecule is CC[C@H]1C[C@H](Oc2ccc(C(F)(F)F)nc2)C1. The van der Waals surface area contributed by atoms with Gasteiger partial charge in [0.25, 0.3) is 0 Å². The van der Waals surface area contributed by atoms with Gasteiger partial charge in [-0.05, 0) is 30.9 Å². The normalized spacial score (nSPS) is 24.2. The van der Waals surface area contributed by atoms with Crippen molar-refractivity contribution in [2.24, 2.45) is 5.92 Å². The van der Waals surface area contributed by atoms with Crippen LogP contribution in [0.15, 0.2) is 18.3 Å². The predicted octanol–water partition coefficient (Wildman–Crippen LogP) is 3.67. The van der Waals surface area contributed by atoms with Crippen LogP contribution in [0.1, 0.15) is 31.9 Å². The molecule has 5 heteroatoms. The molecular formula is C12H14F3NO. The van der Waals surface area contributed by atoms with Crippen LogP contribution in [-0.4, -0.2) is 11.1 Å². The third-order valence-electron chi connectivity index (χ3n) is 3.10. The molecule has 17 heavy (non-hydrogen) atoms. The number of hydrogen-bond donors (Lipinski definition) is 0. The van der Waals surface area contributed by atoms with E-state index in [1.165, 1.54) is 6.07 Å². The molecule has 0 radical (unpaired) electrons. The summed E-state index contributed by atoms with van der Waals surface area (Å²) in [7, 11) is 0. The van der Waals surface area contributed by atoms with Gasteiger partial charge in [-0.15, -0.1) is 0 Å². The van der Waals surface area contributed by atoms with E-state index >= 15 is 0 Å². The molecule has 1 saturated carbocycles. The van der Waals surface area contributed by atoms with Crippen molar-refractivity contribution < 1.29 is 17.9 Å². The van der Waals surface area contributed by atoms with Crippen LogP contribution in [0.25, 0.3) is 0 Å². The Bertz CT molecular complexity index is 368. The fourth-order valence-corrected chi connectivity index (χ4v) is 1.91. The fourth-order valence-electron chi connectivity index (χ4n) is 1.91. The average Bonchev–Trinajstić information content (AvgIpc) is 2.22. The zero-order chi connectivity index (χ0) is 12.5. The molecule has 1 aliphatic carbocycles. The molecule has 0 aromatic carbocycles. The Labute approximate surface area is 97.8 Å². The highest BCUT2D eigenvalue weighted by molar-refractivity contribution is 5.21. The van der Waals surface area contributed by atoms with Gasteiger partial charge in [-0.2, -0.15) is 13.2 Å². The molecule has 1 heterocycles. The first-order valence-electron chi connectivity index (χ1n) is 5.69. The van der Waals surface area contributed by atoms with Crippen LogP contribution in [0, 0.1) is 5.92 Å². The van der Waals surface area contributed by atoms with Crippen molar-refractivity contribution in [2.45, 2.75) is 38.5 Å². The van der Waals surface area contributed by atoms with Gasteiger partial charge in [0, 0.05) is 0 Å². The molecule has 0 aliphatic heterocycles. The number of ether oxygens (including phenoxy) is 1. The Hall–Kier alpha value is -1.26. The van der Waals surface area contributed by atoms with Gasteiger partial charge in [0.15, 0.2) is 0 Å². The summed E-state index contributed by atoms with van der Waals surface area (Å²) in [6, 6.07) is 2.28. The van der Waals surface area contributed by atoms with Crippen LogP contribution < -0.4 is 4.74 Å². The summed E-state index contributed by atoms with van der Waals surface area (Å²) in [6.07, 6.45) is -0.0108. The van der Waals surface area contributed by atoms with Crippen LogP contribution in [0.3, 0.4) is 0 Å². The lowest BCUT2D eigenvalue weighted by Crippen LogP contribution is -2.33. The van der Waals surface area contributed by atoms with Gasteiger partial charge < -0.3 is 4.74 Å². The van der Waals surface area contributed by atoms with E-state index < -0.39 is 11.9 Å². The molecular weight excluding hydrogens is 231 g/mol. The van der Waals surface area contributed by atoms with Crippen LogP contribution in [0.4, 0.5) is 13.2 Å². The molecule has 1 fully saturated rings. The molecule has 2 rings (SSSR count). The summed E-state index contributed by atoms with van der Waals surface area (Å²) >= 11 is 0. The van der Waals surface area contributed by atoms with Crippen LogP contribution in [0.2, 0.25) is 0 Å². The summed E-state index contributed by atoms with van der Waals surface area (Å²) < 4.78 is 42.3. The zero-order valence-corrected chi connectivity index (χ0v) is 9.50. The van der Waals surface area contributed by atoms with Gasteiger partial charge in [0.2, 0.25) is 0 Å². The molecule has 1 aromatic heterocycles. The summed E-state index contributed by atoms with van der Waals surface area (Å²) in [6.45, 7) is 2.13. The van der Waals surface area contributed by atoms with Crippen LogP contribution in [-0.2, 0) is 6.18 Å². The fraction of sp³-hybridized carbons (Fsp3) is 0.583. The Morgan fingerprint density at radius 3 is 2.53 bits per heavy atom. The van der Waals surface area contributed by atoms with Crippen molar-refractivity contribution in [3.05, 3.63) is 24.0 Å². The van der Waals surface area contributed by atoms with Crippen LogP contribution >= 0.6 is 0 Å². The molecule has 0 amide bonds. The number of alkyl halides is 3. The van der Waals surface area contributed by atoms with Crippen molar-refractivity contribution in [3.63, 3.8) is 0 Å². The third-order valence-corrected chi connectivity index (χ3v) is 3.10. The van der Waals surface area contributed by atoms with E-state index in [0.29, 0.717) is 11.7 Å². The van der Waals surface area contributed by atoms with Crippen molar-refractivity contribution in [3.8, 4) is 5.75 Å². The molecule has 0 saturated heterocycles. The van der Waals surface area contributed by atoms with E-state index in [-0.39, 0.29) is 6.10 Å². The first-order valence-corrected chi connectivity index (χ1v) is 5.69. The van der Waals surface area contributed by atoms with Gasteiger partial charge in [-0.1, -0.05) is 13.3 Å². The lowest BCUT2D eigenvalue weighted by molar-refractivity contribution is -0.141. The highest BCUT2D eigenvalue weighted by Gasteiger charge is 2.33. The van der Waals surface area contributed by atoms with E-state index in [9.17, 15) is 13.2 Å². The number of nitrogens with zero attached hydrogens (tertiary/aromatic N) is 1. The average molecular weight is 245 g/mol.